The Hall–Kier alpha value is -1.35. The van der Waals surface area contributed by atoms with Gasteiger partial charge in [0.25, 0.3) is 0 Å². The molecule has 0 aliphatic heterocycles. The first kappa shape index (κ1) is 21.6. The molecular formula is C20H34O3. The standard InChI is InChI=1S/C20H34O3/c1-2-3-13-16-19(21)17-14-11-9-7-5-4-6-8-10-12-15-18-20(22)23/h8-11,14,17,19,21H,2-7,12-13,15-16,18H2,1H3,(H,22,23)/b10-8+,11-9+,17-14+/t19-/m0/s1. The van der Waals surface area contributed by atoms with E-state index in [-0.39, 0.29) is 12.5 Å². The van der Waals surface area contributed by atoms with Gasteiger partial charge in [-0.1, -0.05) is 62.6 Å². The molecule has 3 nitrogen and oxygen atoms in total. The van der Waals surface area contributed by atoms with E-state index in [1.165, 1.54) is 12.8 Å². The zero-order valence-corrected chi connectivity index (χ0v) is 14.6. The summed E-state index contributed by atoms with van der Waals surface area (Å²) in [6.45, 7) is 2.17. The van der Waals surface area contributed by atoms with Crippen LogP contribution >= 0.6 is 0 Å². The first-order chi connectivity index (χ1) is 11.2. The fraction of sp³-hybridized carbons (Fsp3) is 0.650. The average Bonchev–Trinajstić information content (AvgIpc) is 2.51. The number of unbranched alkanes of at least 4 members (excludes halogenated alkanes) is 6. The molecule has 0 fully saturated rings. The molecule has 0 aromatic carbocycles. The lowest BCUT2D eigenvalue weighted by Crippen LogP contribution is -2.00. The molecule has 1 atom stereocenters. The van der Waals surface area contributed by atoms with E-state index in [4.69, 9.17) is 5.11 Å². The van der Waals surface area contributed by atoms with Gasteiger partial charge >= 0.3 is 5.97 Å². The molecule has 0 saturated heterocycles. The van der Waals surface area contributed by atoms with Crippen molar-refractivity contribution in [3.63, 3.8) is 0 Å². The van der Waals surface area contributed by atoms with Crippen LogP contribution in [0.5, 0.6) is 0 Å². The first-order valence-electron chi connectivity index (χ1n) is 9.05. The van der Waals surface area contributed by atoms with Gasteiger partial charge in [-0.3, -0.25) is 4.79 Å². The molecule has 2 N–H and O–H groups in total. The number of carboxylic acids is 1. The molecule has 0 amide bonds. The van der Waals surface area contributed by atoms with Crippen LogP contribution < -0.4 is 0 Å². The molecule has 0 aliphatic carbocycles. The monoisotopic (exact) mass is 322 g/mol. The van der Waals surface area contributed by atoms with Gasteiger partial charge < -0.3 is 10.2 Å². The summed E-state index contributed by atoms with van der Waals surface area (Å²) >= 11 is 0. The van der Waals surface area contributed by atoms with E-state index in [0.29, 0.717) is 0 Å². The Balaban J connectivity index is 3.43. The van der Waals surface area contributed by atoms with E-state index in [1.807, 2.05) is 18.2 Å². The van der Waals surface area contributed by atoms with Gasteiger partial charge in [0.1, 0.15) is 0 Å². The Morgan fingerprint density at radius 2 is 1.57 bits per heavy atom. The molecule has 0 saturated carbocycles. The number of rotatable bonds is 15. The molecule has 0 rings (SSSR count). The smallest absolute Gasteiger partial charge is 0.303 e. The Kier molecular flexibility index (Phi) is 16.0. The number of carboxylic acid groups (broad SMARTS) is 1. The van der Waals surface area contributed by atoms with E-state index < -0.39 is 5.97 Å². The van der Waals surface area contributed by atoms with Crippen LogP contribution in [-0.2, 0) is 4.79 Å². The Morgan fingerprint density at radius 3 is 2.22 bits per heavy atom. The summed E-state index contributed by atoms with van der Waals surface area (Å²) in [5.41, 5.74) is 0. The minimum Gasteiger partial charge on any atom is -0.481 e. The van der Waals surface area contributed by atoms with E-state index >= 15 is 0 Å². The molecule has 0 unspecified atom stereocenters. The van der Waals surface area contributed by atoms with Crippen molar-refractivity contribution in [1.29, 1.82) is 0 Å². The lowest BCUT2D eigenvalue weighted by atomic mass is 10.1. The van der Waals surface area contributed by atoms with Crippen LogP contribution in [0.2, 0.25) is 0 Å². The lowest BCUT2D eigenvalue weighted by Gasteiger charge is -2.03. The summed E-state index contributed by atoms with van der Waals surface area (Å²) in [5, 5.41) is 18.2. The zero-order chi connectivity index (χ0) is 17.2. The SMILES string of the molecule is CCCCC[C@H](O)/C=C/C=C/CCCC/C=C/CCCC(=O)O. The van der Waals surface area contributed by atoms with Crippen molar-refractivity contribution >= 4 is 5.97 Å². The number of hydrogen-bond donors (Lipinski definition) is 2. The second kappa shape index (κ2) is 17.0. The summed E-state index contributed by atoms with van der Waals surface area (Å²) in [6, 6.07) is 0. The highest BCUT2D eigenvalue weighted by atomic mass is 16.4. The van der Waals surface area contributed by atoms with Crippen LogP contribution in [0.4, 0.5) is 0 Å². The zero-order valence-electron chi connectivity index (χ0n) is 14.6. The molecule has 3 heteroatoms. The third kappa shape index (κ3) is 18.6. The minimum absolute atomic E-state index is 0.260. The first-order valence-corrected chi connectivity index (χ1v) is 9.05. The fourth-order valence-corrected chi connectivity index (χ4v) is 2.20. The predicted octanol–water partition coefficient (Wildman–Crippen LogP) is 5.41. The van der Waals surface area contributed by atoms with Crippen LogP contribution in [0, 0.1) is 0 Å². The second-order valence-corrected chi connectivity index (χ2v) is 5.92. The van der Waals surface area contributed by atoms with E-state index in [1.54, 1.807) is 0 Å². The third-order valence-electron chi connectivity index (χ3n) is 3.60. The number of allylic oxidation sites excluding steroid dienone is 5. The van der Waals surface area contributed by atoms with Crippen molar-refractivity contribution in [2.24, 2.45) is 0 Å². The van der Waals surface area contributed by atoms with Crippen molar-refractivity contribution in [3.05, 3.63) is 36.5 Å². The lowest BCUT2D eigenvalue weighted by molar-refractivity contribution is -0.137. The van der Waals surface area contributed by atoms with Crippen molar-refractivity contribution < 1.29 is 15.0 Å². The quantitative estimate of drug-likeness (QED) is 0.241. The van der Waals surface area contributed by atoms with Gasteiger partial charge in [0.2, 0.25) is 0 Å². The summed E-state index contributed by atoms with van der Waals surface area (Å²) in [4.78, 5) is 10.3. The van der Waals surface area contributed by atoms with Crippen LogP contribution in [0.15, 0.2) is 36.5 Å². The van der Waals surface area contributed by atoms with Crippen molar-refractivity contribution in [2.45, 2.75) is 83.7 Å². The van der Waals surface area contributed by atoms with Crippen LogP contribution in [0.1, 0.15) is 77.6 Å². The Labute approximate surface area is 141 Å². The van der Waals surface area contributed by atoms with Gasteiger partial charge in [0.15, 0.2) is 0 Å². The number of aliphatic hydroxyl groups excluding tert-OH is 1. The summed E-state index contributed by atoms with van der Waals surface area (Å²) < 4.78 is 0. The largest absolute Gasteiger partial charge is 0.481 e. The highest BCUT2D eigenvalue weighted by Gasteiger charge is 1.96. The average molecular weight is 322 g/mol. The summed E-state index contributed by atoms with van der Waals surface area (Å²) in [6.07, 6.45) is 22.5. The van der Waals surface area contributed by atoms with Crippen LogP contribution in [0.25, 0.3) is 0 Å². The molecule has 0 aromatic rings. The highest BCUT2D eigenvalue weighted by Crippen LogP contribution is 2.05. The molecule has 132 valence electrons. The van der Waals surface area contributed by atoms with Crippen molar-refractivity contribution in [1.82, 2.24) is 0 Å². The normalized spacial score (nSPS) is 13.5. The van der Waals surface area contributed by atoms with Crippen LogP contribution in [-0.4, -0.2) is 22.3 Å². The number of aliphatic carboxylic acids is 1. The van der Waals surface area contributed by atoms with Gasteiger partial charge in [-0.15, -0.1) is 0 Å². The van der Waals surface area contributed by atoms with Gasteiger partial charge in [-0.05, 0) is 44.9 Å². The maximum atomic E-state index is 10.3. The molecule has 0 aromatic heterocycles. The Bertz CT molecular complexity index is 356. The maximum absolute atomic E-state index is 10.3. The topological polar surface area (TPSA) is 57.5 Å². The van der Waals surface area contributed by atoms with E-state index in [2.05, 4.69) is 25.2 Å². The number of carbonyl (C=O) groups is 1. The van der Waals surface area contributed by atoms with Crippen molar-refractivity contribution in [2.75, 3.05) is 0 Å². The minimum atomic E-state index is -0.715. The molecule has 0 radical (unpaired) electrons. The molecule has 0 heterocycles. The van der Waals surface area contributed by atoms with Gasteiger partial charge in [-0.2, -0.15) is 0 Å². The van der Waals surface area contributed by atoms with Gasteiger partial charge in [-0.25, -0.2) is 0 Å². The molecule has 23 heavy (non-hydrogen) atoms. The van der Waals surface area contributed by atoms with Crippen molar-refractivity contribution in [3.8, 4) is 0 Å². The highest BCUT2D eigenvalue weighted by molar-refractivity contribution is 5.66. The predicted molar refractivity (Wildman–Crippen MR) is 97.5 cm³/mol. The third-order valence-corrected chi connectivity index (χ3v) is 3.60. The van der Waals surface area contributed by atoms with Gasteiger partial charge in [0.05, 0.1) is 6.10 Å². The van der Waals surface area contributed by atoms with E-state index in [9.17, 15) is 9.90 Å². The number of aliphatic hydroxyl groups is 1. The molecular weight excluding hydrogens is 288 g/mol. The summed E-state index contributed by atoms with van der Waals surface area (Å²) in [7, 11) is 0. The maximum Gasteiger partial charge on any atom is 0.303 e. The van der Waals surface area contributed by atoms with Crippen LogP contribution in [0.3, 0.4) is 0 Å². The molecule has 0 bridgehead atoms. The van der Waals surface area contributed by atoms with E-state index in [0.717, 1.165) is 51.4 Å². The molecule has 0 aliphatic rings. The number of hydrogen-bond acceptors (Lipinski definition) is 2. The Morgan fingerprint density at radius 1 is 0.913 bits per heavy atom. The summed E-state index contributed by atoms with van der Waals surface area (Å²) in [5.74, 6) is -0.715. The second-order valence-electron chi connectivity index (χ2n) is 5.92. The molecule has 0 spiro atoms. The fourth-order valence-electron chi connectivity index (χ4n) is 2.20. The van der Waals surface area contributed by atoms with Gasteiger partial charge in [0, 0.05) is 6.42 Å².